The molecule has 0 spiro atoms. The molecule has 22 heavy (non-hydrogen) atoms. The highest BCUT2D eigenvalue weighted by Gasteiger charge is 2.08. The third kappa shape index (κ3) is 6.95. The van der Waals surface area contributed by atoms with Gasteiger partial charge in [-0.2, -0.15) is 0 Å². The lowest BCUT2D eigenvalue weighted by Gasteiger charge is -2.12. The summed E-state index contributed by atoms with van der Waals surface area (Å²) in [5, 5.41) is 8.70. The van der Waals surface area contributed by atoms with Crippen LogP contribution in [0.1, 0.15) is 17.5 Å². The van der Waals surface area contributed by atoms with E-state index in [2.05, 4.69) is 6.58 Å². The van der Waals surface area contributed by atoms with Crippen molar-refractivity contribution < 1.29 is 24.1 Å². The van der Waals surface area contributed by atoms with Crippen LogP contribution in [0.2, 0.25) is 0 Å². The summed E-state index contributed by atoms with van der Waals surface area (Å²) in [7, 11) is 0. The standard InChI is InChI=1S/C17H22O5/c1-3-4-9-20-10-6-11-21-12-15-8-5-7-14(2)17(15)22-13-16(18)19/h3,5-8,11H,1,4,9-10,12-13H2,2H3,(H,18,19)/b11-6+. The van der Waals surface area contributed by atoms with Crippen LogP contribution in [-0.4, -0.2) is 30.9 Å². The maximum atomic E-state index is 10.6. The van der Waals surface area contributed by atoms with Gasteiger partial charge in [0.1, 0.15) is 12.4 Å². The van der Waals surface area contributed by atoms with Crippen molar-refractivity contribution in [3.05, 3.63) is 54.3 Å². The topological polar surface area (TPSA) is 65.0 Å². The number of benzene rings is 1. The van der Waals surface area contributed by atoms with E-state index in [1.54, 1.807) is 18.4 Å². The number of carboxylic acids is 1. The molecule has 0 saturated heterocycles. The first-order chi connectivity index (χ1) is 10.6. The van der Waals surface area contributed by atoms with Gasteiger partial charge in [-0.25, -0.2) is 4.79 Å². The average molecular weight is 306 g/mol. The van der Waals surface area contributed by atoms with E-state index in [0.29, 0.717) is 25.6 Å². The van der Waals surface area contributed by atoms with Gasteiger partial charge >= 0.3 is 5.97 Å². The van der Waals surface area contributed by atoms with Crippen LogP contribution in [0, 0.1) is 6.92 Å². The van der Waals surface area contributed by atoms with Crippen molar-refractivity contribution in [2.45, 2.75) is 20.0 Å². The summed E-state index contributed by atoms with van der Waals surface area (Å²) < 4.78 is 16.0. The molecule has 120 valence electrons. The van der Waals surface area contributed by atoms with Gasteiger partial charge in [-0.15, -0.1) is 6.58 Å². The predicted molar refractivity (Wildman–Crippen MR) is 83.9 cm³/mol. The van der Waals surface area contributed by atoms with Crippen LogP contribution in [0.3, 0.4) is 0 Å². The molecular weight excluding hydrogens is 284 g/mol. The summed E-state index contributed by atoms with van der Waals surface area (Å²) in [5.41, 5.74) is 1.68. The number of carbonyl (C=O) groups is 1. The first-order valence-corrected chi connectivity index (χ1v) is 7.03. The summed E-state index contributed by atoms with van der Waals surface area (Å²) in [4.78, 5) is 10.6. The Morgan fingerprint density at radius 1 is 1.41 bits per heavy atom. The molecule has 0 bridgehead atoms. The molecule has 0 aliphatic heterocycles. The van der Waals surface area contributed by atoms with Crippen LogP contribution in [-0.2, 0) is 20.9 Å². The molecule has 0 radical (unpaired) electrons. The summed E-state index contributed by atoms with van der Waals surface area (Å²) in [6, 6.07) is 5.59. The maximum absolute atomic E-state index is 10.6. The van der Waals surface area contributed by atoms with Crippen LogP contribution in [0.15, 0.2) is 43.2 Å². The van der Waals surface area contributed by atoms with Gasteiger partial charge in [-0.3, -0.25) is 0 Å². The second-order valence-corrected chi connectivity index (χ2v) is 4.58. The minimum absolute atomic E-state index is 0.305. The van der Waals surface area contributed by atoms with Crippen molar-refractivity contribution in [2.75, 3.05) is 19.8 Å². The van der Waals surface area contributed by atoms with Crippen molar-refractivity contribution >= 4 is 5.97 Å². The Labute approximate surface area is 130 Å². The largest absolute Gasteiger partial charge is 0.497 e. The fraction of sp³-hybridized carbons (Fsp3) is 0.353. The molecule has 0 amide bonds. The van der Waals surface area contributed by atoms with Crippen LogP contribution < -0.4 is 4.74 Å². The van der Waals surface area contributed by atoms with E-state index in [9.17, 15) is 4.79 Å². The first kappa shape index (κ1) is 17.8. The number of ether oxygens (including phenoxy) is 3. The summed E-state index contributed by atoms with van der Waals surface area (Å²) in [6.07, 6.45) is 5.97. The minimum atomic E-state index is -1.01. The highest BCUT2D eigenvalue weighted by Crippen LogP contribution is 2.24. The van der Waals surface area contributed by atoms with Crippen molar-refractivity contribution in [1.29, 1.82) is 0 Å². The monoisotopic (exact) mass is 306 g/mol. The molecule has 1 N–H and O–H groups in total. The number of aryl methyl sites for hydroxylation is 1. The van der Waals surface area contributed by atoms with Crippen LogP contribution >= 0.6 is 0 Å². The number of para-hydroxylation sites is 1. The molecule has 0 saturated carbocycles. The van der Waals surface area contributed by atoms with Crippen molar-refractivity contribution in [3.8, 4) is 5.75 Å². The fourth-order valence-corrected chi connectivity index (χ4v) is 1.73. The summed E-state index contributed by atoms with van der Waals surface area (Å²) in [6.45, 7) is 6.53. The fourth-order valence-electron chi connectivity index (χ4n) is 1.73. The van der Waals surface area contributed by atoms with Crippen molar-refractivity contribution in [2.24, 2.45) is 0 Å². The Morgan fingerprint density at radius 3 is 2.95 bits per heavy atom. The molecule has 0 aromatic heterocycles. The second-order valence-electron chi connectivity index (χ2n) is 4.58. The third-order valence-corrected chi connectivity index (χ3v) is 2.75. The molecule has 0 atom stereocenters. The van der Waals surface area contributed by atoms with Crippen LogP contribution in [0.4, 0.5) is 0 Å². The van der Waals surface area contributed by atoms with E-state index < -0.39 is 5.97 Å². The average Bonchev–Trinajstić information content (AvgIpc) is 2.49. The van der Waals surface area contributed by atoms with Gasteiger partial charge in [-0.1, -0.05) is 24.3 Å². The lowest BCUT2D eigenvalue weighted by molar-refractivity contribution is -0.139. The predicted octanol–water partition coefficient (Wildman–Crippen LogP) is 3.08. The number of carboxylic acid groups (broad SMARTS) is 1. The van der Waals surface area contributed by atoms with Gasteiger partial charge in [-0.05, 0) is 25.0 Å². The molecule has 0 heterocycles. The van der Waals surface area contributed by atoms with Gasteiger partial charge in [0.05, 0.1) is 19.5 Å². The number of rotatable bonds is 11. The van der Waals surface area contributed by atoms with E-state index in [4.69, 9.17) is 19.3 Å². The number of hydrogen-bond acceptors (Lipinski definition) is 4. The van der Waals surface area contributed by atoms with Gasteiger partial charge in [0.15, 0.2) is 6.61 Å². The molecule has 5 heteroatoms. The van der Waals surface area contributed by atoms with Crippen LogP contribution in [0.5, 0.6) is 5.75 Å². The van der Waals surface area contributed by atoms with E-state index >= 15 is 0 Å². The quantitative estimate of drug-likeness (QED) is 0.387. The maximum Gasteiger partial charge on any atom is 0.341 e. The molecule has 0 aliphatic carbocycles. The van der Waals surface area contributed by atoms with Crippen molar-refractivity contribution in [1.82, 2.24) is 0 Å². The summed E-state index contributed by atoms with van der Waals surface area (Å²) >= 11 is 0. The highest BCUT2D eigenvalue weighted by atomic mass is 16.5. The zero-order chi connectivity index (χ0) is 16.2. The Kier molecular flexibility index (Phi) is 8.45. The molecule has 0 fully saturated rings. The second kappa shape index (κ2) is 10.5. The zero-order valence-corrected chi connectivity index (χ0v) is 12.8. The molecule has 1 rings (SSSR count). The molecule has 1 aromatic carbocycles. The van der Waals surface area contributed by atoms with Gasteiger partial charge in [0.2, 0.25) is 0 Å². The summed E-state index contributed by atoms with van der Waals surface area (Å²) in [5.74, 6) is -0.452. The molecular formula is C17H22O5. The van der Waals surface area contributed by atoms with Gasteiger partial charge in [0, 0.05) is 5.56 Å². The molecule has 5 nitrogen and oxygen atoms in total. The van der Waals surface area contributed by atoms with E-state index in [1.165, 1.54) is 0 Å². The minimum Gasteiger partial charge on any atom is -0.497 e. The Bertz CT molecular complexity index is 508. The molecule has 1 aromatic rings. The molecule has 0 aliphatic rings. The SMILES string of the molecule is C=CCCOC/C=C/OCc1cccc(C)c1OCC(=O)O. The van der Waals surface area contributed by atoms with Crippen molar-refractivity contribution in [3.63, 3.8) is 0 Å². The van der Waals surface area contributed by atoms with Crippen LogP contribution in [0.25, 0.3) is 0 Å². The third-order valence-electron chi connectivity index (χ3n) is 2.75. The lowest BCUT2D eigenvalue weighted by Crippen LogP contribution is -2.11. The molecule has 0 unspecified atom stereocenters. The van der Waals surface area contributed by atoms with E-state index in [-0.39, 0.29) is 6.61 Å². The Balaban J connectivity index is 2.44. The highest BCUT2D eigenvalue weighted by molar-refractivity contribution is 5.68. The Hall–Kier alpha value is -2.27. The Morgan fingerprint density at radius 2 is 2.23 bits per heavy atom. The number of aliphatic carboxylic acids is 1. The normalized spacial score (nSPS) is 10.6. The first-order valence-electron chi connectivity index (χ1n) is 7.03. The van der Waals surface area contributed by atoms with Gasteiger partial charge < -0.3 is 19.3 Å². The van der Waals surface area contributed by atoms with Gasteiger partial charge in [0.25, 0.3) is 0 Å². The number of hydrogen-bond donors (Lipinski definition) is 1. The van der Waals surface area contributed by atoms with E-state index in [1.807, 2.05) is 25.1 Å². The lowest BCUT2D eigenvalue weighted by atomic mass is 10.1. The smallest absolute Gasteiger partial charge is 0.341 e. The van der Waals surface area contributed by atoms with E-state index in [0.717, 1.165) is 17.5 Å². The zero-order valence-electron chi connectivity index (χ0n) is 12.8.